The molecule has 2 aliphatic rings. The molecule has 2 aliphatic carbocycles. The molecule has 0 bridgehead atoms. The van der Waals surface area contributed by atoms with E-state index in [1.165, 1.54) is 25.7 Å². The lowest BCUT2D eigenvalue weighted by atomic mass is 9.90. The lowest BCUT2D eigenvalue weighted by Crippen LogP contribution is -2.12. The molecule has 2 atom stereocenters. The van der Waals surface area contributed by atoms with E-state index in [-0.39, 0.29) is 0 Å². The van der Waals surface area contributed by atoms with Crippen LogP contribution in [0.15, 0.2) is 35.9 Å². The van der Waals surface area contributed by atoms with Gasteiger partial charge in [-0.2, -0.15) is 0 Å². The van der Waals surface area contributed by atoms with Crippen molar-refractivity contribution < 1.29 is 4.74 Å². The summed E-state index contributed by atoms with van der Waals surface area (Å²) in [5, 5.41) is 0.764. The van der Waals surface area contributed by atoms with Gasteiger partial charge in [0.2, 0.25) is 0 Å². The first kappa shape index (κ1) is 11.2. The highest BCUT2D eigenvalue weighted by molar-refractivity contribution is 6.30. The SMILES string of the molecule is Clc1ccc(O[C@@H]2CC3=CCCC[C@@H]3C2)cc1. The fourth-order valence-corrected chi connectivity index (χ4v) is 3.11. The number of benzene rings is 1. The Morgan fingerprint density at radius 2 is 2.00 bits per heavy atom. The molecule has 0 aliphatic heterocycles. The number of hydrogen-bond donors (Lipinski definition) is 0. The summed E-state index contributed by atoms with van der Waals surface area (Å²) in [5.41, 5.74) is 1.63. The third-order valence-electron chi connectivity index (χ3n) is 3.81. The fraction of sp³-hybridized carbons (Fsp3) is 0.467. The molecule has 0 spiro atoms. The van der Waals surface area contributed by atoms with Crippen LogP contribution in [0.4, 0.5) is 0 Å². The van der Waals surface area contributed by atoms with Crippen LogP contribution in [0, 0.1) is 5.92 Å². The Kier molecular flexibility index (Phi) is 3.11. The van der Waals surface area contributed by atoms with Gasteiger partial charge in [0.25, 0.3) is 0 Å². The third-order valence-corrected chi connectivity index (χ3v) is 4.07. The molecule has 0 radical (unpaired) electrons. The van der Waals surface area contributed by atoms with Crippen LogP contribution >= 0.6 is 11.6 Å². The monoisotopic (exact) mass is 248 g/mol. The summed E-state index contributed by atoms with van der Waals surface area (Å²) < 4.78 is 6.02. The van der Waals surface area contributed by atoms with Crippen LogP contribution in [-0.2, 0) is 0 Å². The van der Waals surface area contributed by atoms with Gasteiger partial charge in [-0.3, -0.25) is 0 Å². The van der Waals surface area contributed by atoms with Crippen LogP contribution in [0.3, 0.4) is 0 Å². The Balaban J connectivity index is 1.65. The maximum atomic E-state index is 6.02. The van der Waals surface area contributed by atoms with Gasteiger partial charge in [0.15, 0.2) is 0 Å². The molecule has 0 saturated heterocycles. The van der Waals surface area contributed by atoms with Crippen LogP contribution < -0.4 is 4.74 Å². The van der Waals surface area contributed by atoms with Gasteiger partial charge >= 0.3 is 0 Å². The lowest BCUT2D eigenvalue weighted by molar-refractivity contribution is 0.204. The van der Waals surface area contributed by atoms with E-state index in [0.717, 1.165) is 23.1 Å². The van der Waals surface area contributed by atoms with Gasteiger partial charge in [-0.1, -0.05) is 23.3 Å². The van der Waals surface area contributed by atoms with E-state index in [2.05, 4.69) is 6.08 Å². The van der Waals surface area contributed by atoms with Crippen molar-refractivity contribution in [2.75, 3.05) is 0 Å². The van der Waals surface area contributed by atoms with Crippen LogP contribution in [0.25, 0.3) is 0 Å². The van der Waals surface area contributed by atoms with Crippen molar-refractivity contribution in [3.05, 3.63) is 40.9 Å². The molecule has 0 amide bonds. The van der Waals surface area contributed by atoms with Gasteiger partial charge in [0.05, 0.1) is 0 Å². The molecule has 1 saturated carbocycles. The molecular formula is C15H17ClO. The van der Waals surface area contributed by atoms with Crippen molar-refractivity contribution >= 4 is 11.6 Å². The molecular weight excluding hydrogens is 232 g/mol. The standard InChI is InChI=1S/C15H17ClO/c16-13-5-7-14(8-6-13)17-15-9-11-3-1-2-4-12(11)10-15/h3,5-8,12,15H,1-2,4,9-10H2/t12-,15-/m1/s1. The molecule has 0 heterocycles. The maximum Gasteiger partial charge on any atom is 0.119 e. The van der Waals surface area contributed by atoms with E-state index in [4.69, 9.17) is 16.3 Å². The largest absolute Gasteiger partial charge is 0.490 e. The van der Waals surface area contributed by atoms with E-state index in [1.807, 2.05) is 24.3 Å². The Morgan fingerprint density at radius 3 is 2.76 bits per heavy atom. The Hall–Kier alpha value is -0.950. The van der Waals surface area contributed by atoms with Gasteiger partial charge in [0, 0.05) is 11.4 Å². The predicted octanol–water partition coefficient (Wildman–Crippen LogP) is 4.61. The summed E-state index contributed by atoms with van der Waals surface area (Å²) in [6.07, 6.45) is 9.07. The molecule has 1 aromatic carbocycles. The quantitative estimate of drug-likeness (QED) is 0.695. The molecule has 3 rings (SSSR count). The van der Waals surface area contributed by atoms with Crippen molar-refractivity contribution in [3.63, 3.8) is 0 Å². The van der Waals surface area contributed by atoms with E-state index in [1.54, 1.807) is 5.57 Å². The first-order chi connectivity index (χ1) is 8.31. The van der Waals surface area contributed by atoms with E-state index in [9.17, 15) is 0 Å². The molecule has 0 N–H and O–H groups in total. The number of ether oxygens (including phenoxy) is 1. The summed E-state index contributed by atoms with van der Waals surface area (Å²) in [4.78, 5) is 0. The number of halogens is 1. The van der Waals surface area contributed by atoms with E-state index < -0.39 is 0 Å². The number of rotatable bonds is 2. The highest BCUT2D eigenvalue weighted by Gasteiger charge is 2.31. The molecule has 0 aromatic heterocycles. The predicted molar refractivity (Wildman–Crippen MR) is 70.5 cm³/mol. The zero-order chi connectivity index (χ0) is 11.7. The van der Waals surface area contributed by atoms with Crippen molar-refractivity contribution in [1.29, 1.82) is 0 Å². The molecule has 1 aromatic rings. The Morgan fingerprint density at radius 1 is 1.18 bits per heavy atom. The molecule has 0 unspecified atom stereocenters. The molecule has 1 fully saturated rings. The summed E-state index contributed by atoms with van der Waals surface area (Å²) in [6.45, 7) is 0. The fourth-order valence-electron chi connectivity index (χ4n) is 2.98. The Bertz CT molecular complexity index is 421. The van der Waals surface area contributed by atoms with Crippen molar-refractivity contribution in [1.82, 2.24) is 0 Å². The first-order valence-corrected chi connectivity index (χ1v) is 6.80. The maximum absolute atomic E-state index is 6.02. The molecule has 1 nitrogen and oxygen atoms in total. The van der Waals surface area contributed by atoms with Crippen molar-refractivity contribution in [2.24, 2.45) is 5.92 Å². The molecule has 2 heteroatoms. The number of hydrogen-bond acceptors (Lipinski definition) is 1. The minimum atomic E-state index is 0.366. The van der Waals surface area contributed by atoms with Crippen LogP contribution in [0.5, 0.6) is 5.75 Å². The smallest absolute Gasteiger partial charge is 0.119 e. The van der Waals surface area contributed by atoms with Crippen LogP contribution in [0.2, 0.25) is 5.02 Å². The minimum absolute atomic E-state index is 0.366. The topological polar surface area (TPSA) is 9.23 Å². The average Bonchev–Trinajstić information content (AvgIpc) is 2.74. The van der Waals surface area contributed by atoms with Gasteiger partial charge in [-0.05, 0) is 55.9 Å². The Labute approximate surface area is 107 Å². The third kappa shape index (κ3) is 2.50. The van der Waals surface area contributed by atoms with Crippen molar-refractivity contribution in [3.8, 4) is 5.75 Å². The number of allylic oxidation sites excluding steroid dienone is 1. The van der Waals surface area contributed by atoms with E-state index >= 15 is 0 Å². The normalized spacial score (nSPS) is 27.5. The summed E-state index contributed by atoms with van der Waals surface area (Å²) in [7, 11) is 0. The molecule has 17 heavy (non-hydrogen) atoms. The first-order valence-electron chi connectivity index (χ1n) is 6.42. The number of fused-ring (bicyclic) bond motifs is 1. The van der Waals surface area contributed by atoms with Crippen LogP contribution in [-0.4, -0.2) is 6.10 Å². The van der Waals surface area contributed by atoms with Crippen LogP contribution in [0.1, 0.15) is 32.1 Å². The average molecular weight is 249 g/mol. The van der Waals surface area contributed by atoms with Gasteiger partial charge in [-0.15, -0.1) is 0 Å². The minimum Gasteiger partial charge on any atom is -0.490 e. The van der Waals surface area contributed by atoms with E-state index in [0.29, 0.717) is 6.10 Å². The van der Waals surface area contributed by atoms with Gasteiger partial charge < -0.3 is 4.74 Å². The van der Waals surface area contributed by atoms with Gasteiger partial charge in [0.1, 0.15) is 11.9 Å². The summed E-state index contributed by atoms with van der Waals surface area (Å²) in [6, 6.07) is 7.69. The highest BCUT2D eigenvalue weighted by Crippen LogP contribution is 2.39. The van der Waals surface area contributed by atoms with Crippen molar-refractivity contribution in [2.45, 2.75) is 38.2 Å². The zero-order valence-corrected chi connectivity index (χ0v) is 10.6. The summed E-state index contributed by atoms with van der Waals surface area (Å²) in [5.74, 6) is 1.74. The zero-order valence-electron chi connectivity index (χ0n) is 9.86. The highest BCUT2D eigenvalue weighted by atomic mass is 35.5. The second kappa shape index (κ2) is 4.73. The second-order valence-electron chi connectivity index (χ2n) is 5.04. The molecule has 90 valence electrons. The summed E-state index contributed by atoms with van der Waals surface area (Å²) >= 11 is 5.86. The second-order valence-corrected chi connectivity index (χ2v) is 5.48. The van der Waals surface area contributed by atoms with Gasteiger partial charge in [-0.25, -0.2) is 0 Å². The lowest BCUT2D eigenvalue weighted by Gasteiger charge is -2.15.